The molecule has 0 unspecified atom stereocenters. The van der Waals surface area contributed by atoms with E-state index in [4.69, 9.17) is 5.26 Å². The van der Waals surface area contributed by atoms with Crippen molar-refractivity contribution in [1.29, 1.82) is 5.26 Å². The predicted octanol–water partition coefficient (Wildman–Crippen LogP) is 2.76. The molecular formula is C16H21N3O. The van der Waals surface area contributed by atoms with Crippen LogP contribution in [0.4, 0.5) is 5.69 Å². The summed E-state index contributed by atoms with van der Waals surface area (Å²) in [7, 11) is 0. The van der Waals surface area contributed by atoms with Gasteiger partial charge in [0.15, 0.2) is 0 Å². The summed E-state index contributed by atoms with van der Waals surface area (Å²) < 4.78 is 0. The van der Waals surface area contributed by atoms with Crippen LogP contribution in [0, 0.1) is 11.3 Å². The van der Waals surface area contributed by atoms with Crippen molar-refractivity contribution < 1.29 is 4.79 Å². The van der Waals surface area contributed by atoms with Crippen LogP contribution < -0.4 is 5.32 Å². The summed E-state index contributed by atoms with van der Waals surface area (Å²) in [5, 5.41) is 11.9. The summed E-state index contributed by atoms with van der Waals surface area (Å²) in [5.41, 5.74) is 1.10. The first-order valence-corrected chi connectivity index (χ1v) is 7.26. The van der Waals surface area contributed by atoms with Gasteiger partial charge in [-0.25, -0.2) is 0 Å². The number of benzene rings is 1. The molecule has 0 spiro atoms. The van der Waals surface area contributed by atoms with Crippen LogP contribution in [0.3, 0.4) is 0 Å². The summed E-state index contributed by atoms with van der Waals surface area (Å²) in [6.07, 6.45) is 4.82. The molecule has 4 nitrogen and oxygen atoms in total. The highest BCUT2D eigenvalue weighted by Gasteiger charge is 2.22. The van der Waals surface area contributed by atoms with E-state index >= 15 is 0 Å². The molecule has 1 aromatic rings. The molecule has 1 aromatic carbocycles. The molecule has 1 amide bonds. The fourth-order valence-corrected chi connectivity index (χ4v) is 2.58. The van der Waals surface area contributed by atoms with Gasteiger partial charge in [0.2, 0.25) is 5.91 Å². The molecule has 4 heteroatoms. The van der Waals surface area contributed by atoms with Crippen molar-refractivity contribution in [2.75, 3.05) is 18.4 Å². The second-order valence-corrected chi connectivity index (χ2v) is 5.27. The molecule has 1 heterocycles. The number of para-hydroxylation sites is 1. The number of nitriles is 1. The number of nitrogens with one attached hydrogen (secondary N) is 1. The van der Waals surface area contributed by atoms with Gasteiger partial charge in [-0.3, -0.25) is 9.69 Å². The van der Waals surface area contributed by atoms with Gasteiger partial charge in [-0.2, -0.15) is 5.26 Å². The van der Waals surface area contributed by atoms with Crippen molar-refractivity contribution in [2.45, 2.75) is 38.6 Å². The molecular weight excluding hydrogens is 250 g/mol. The number of rotatable bonds is 3. The Morgan fingerprint density at radius 2 is 1.90 bits per heavy atom. The van der Waals surface area contributed by atoms with Crippen LogP contribution in [0.1, 0.15) is 38.2 Å². The molecule has 0 radical (unpaired) electrons. The molecule has 0 aliphatic carbocycles. The third-order valence-electron chi connectivity index (χ3n) is 3.87. The minimum absolute atomic E-state index is 0.0328. The van der Waals surface area contributed by atoms with Gasteiger partial charge in [-0.15, -0.1) is 0 Å². The van der Waals surface area contributed by atoms with Gasteiger partial charge in [-0.05, 0) is 45.0 Å². The first-order chi connectivity index (χ1) is 9.72. The normalized spacial score (nSPS) is 17.8. The van der Waals surface area contributed by atoms with Gasteiger partial charge in [0.05, 0.1) is 17.3 Å². The second kappa shape index (κ2) is 7.06. The minimum Gasteiger partial charge on any atom is -0.324 e. The third kappa shape index (κ3) is 3.58. The topological polar surface area (TPSA) is 56.1 Å². The predicted molar refractivity (Wildman–Crippen MR) is 79.3 cm³/mol. The zero-order chi connectivity index (χ0) is 14.4. The Balaban J connectivity index is 2.02. The zero-order valence-electron chi connectivity index (χ0n) is 11.9. The van der Waals surface area contributed by atoms with Crippen molar-refractivity contribution in [1.82, 2.24) is 4.90 Å². The number of amides is 1. The molecule has 20 heavy (non-hydrogen) atoms. The van der Waals surface area contributed by atoms with E-state index in [1.165, 1.54) is 12.8 Å². The average Bonchev–Trinajstić information content (AvgIpc) is 2.76. The Morgan fingerprint density at radius 1 is 1.25 bits per heavy atom. The van der Waals surface area contributed by atoms with Gasteiger partial charge in [-0.1, -0.05) is 25.0 Å². The summed E-state index contributed by atoms with van der Waals surface area (Å²) in [4.78, 5) is 14.6. The zero-order valence-corrected chi connectivity index (χ0v) is 11.9. The van der Waals surface area contributed by atoms with Crippen molar-refractivity contribution >= 4 is 11.6 Å². The smallest absolute Gasteiger partial charge is 0.241 e. The number of hydrogen-bond donors (Lipinski definition) is 1. The highest BCUT2D eigenvalue weighted by molar-refractivity contribution is 5.95. The fraction of sp³-hybridized carbons (Fsp3) is 0.500. The van der Waals surface area contributed by atoms with E-state index in [-0.39, 0.29) is 11.9 Å². The van der Waals surface area contributed by atoms with Crippen molar-refractivity contribution in [3.8, 4) is 6.07 Å². The van der Waals surface area contributed by atoms with E-state index < -0.39 is 0 Å². The maximum atomic E-state index is 12.3. The second-order valence-electron chi connectivity index (χ2n) is 5.27. The van der Waals surface area contributed by atoms with Crippen LogP contribution in [0.25, 0.3) is 0 Å². The molecule has 0 aromatic heterocycles. The van der Waals surface area contributed by atoms with Crippen molar-refractivity contribution in [3.05, 3.63) is 29.8 Å². The summed E-state index contributed by atoms with van der Waals surface area (Å²) in [5.74, 6) is -0.0328. The molecule has 2 rings (SSSR count). The van der Waals surface area contributed by atoms with Crippen molar-refractivity contribution in [3.63, 3.8) is 0 Å². The van der Waals surface area contributed by atoms with E-state index in [0.717, 1.165) is 25.9 Å². The first kappa shape index (κ1) is 14.5. The van der Waals surface area contributed by atoms with Crippen LogP contribution in [0.2, 0.25) is 0 Å². The van der Waals surface area contributed by atoms with Gasteiger partial charge in [0.25, 0.3) is 0 Å². The molecule has 1 aliphatic rings. The maximum Gasteiger partial charge on any atom is 0.241 e. The lowest BCUT2D eigenvalue weighted by Crippen LogP contribution is -2.42. The minimum atomic E-state index is -0.153. The monoisotopic (exact) mass is 271 g/mol. The van der Waals surface area contributed by atoms with Crippen LogP contribution >= 0.6 is 0 Å². The Morgan fingerprint density at radius 3 is 2.55 bits per heavy atom. The number of nitrogens with zero attached hydrogens (tertiary/aromatic N) is 2. The highest BCUT2D eigenvalue weighted by atomic mass is 16.2. The number of carbonyl (C=O) groups is 1. The summed E-state index contributed by atoms with van der Waals surface area (Å²) in [6.45, 7) is 3.90. The van der Waals surface area contributed by atoms with Gasteiger partial charge in [0, 0.05) is 0 Å². The maximum absolute atomic E-state index is 12.3. The Hall–Kier alpha value is -1.86. The summed E-state index contributed by atoms with van der Waals surface area (Å²) >= 11 is 0. The molecule has 1 N–H and O–H groups in total. The van der Waals surface area contributed by atoms with Crippen LogP contribution in [-0.4, -0.2) is 29.9 Å². The lowest BCUT2D eigenvalue weighted by molar-refractivity contribution is -0.120. The molecule has 1 saturated heterocycles. The fourth-order valence-electron chi connectivity index (χ4n) is 2.58. The Labute approximate surface area is 120 Å². The quantitative estimate of drug-likeness (QED) is 0.919. The van der Waals surface area contributed by atoms with Crippen LogP contribution in [0.5, 0.6) is 0 Å². The van der Waals surface area contributed by atoms with E-state index in [1.54, 1.807) is 18.2 Å². The molecule has 1 aliphatic heterocycles. The average molecular weight is 271 g/mol. The first-order valence-electron chi connectivity index (χ1n) is 7.26. The Bertz CT molecular complexity index is 499. The highest BCUT2D eigenvalue weighted by Crippen LogP contribution is 2.16. The number of anilines is 1. The van der Waals surface area contributed by atoms with Crippen LogP contribution in [0.15, 0.2) is 24.3 Å². The lowest BCUT2D eigenvalue weighted by Gasteiger charge is -2.26. The van der Waals surface area contributed by atoms with E-state index in [0.29, 0.717) is 11.3 Å². The SMILES string of the molecule is C[C@H](C(=O)Nc1ccccc1C#N)N1CCCCCC1. The standard InChI is InChI=1S/C16H21N3O/c1-13(19-10-6-2-3-7-11-19)16(20)18-15-9-5-4-8-14(15)12-17/h4-5,8-9,13H,2-3,6-7,10-11H2,1H3,(H,18,20)/t13-/m1/s1. The lowest BCUT2D eigenvalue weighted by atomic mass is 10.1. The Kier molecular flexibility index (Phi) is 5.14. The molecule has 0 bridgehead atoms. The number of carbonyl (C=O) groups excluding carboxylic acids is 1. The third-order valence-corrected chi connectivity index (χ3v) is 3.87. The molecule has 106 valence electrons. The van der Waals surface area contributed by atoms with E-state index in [9.17, 15) is 4.79 Å². The summed E-state index contributed by atoms with van der Waals surface area (Å²) in [6, 6.07) is 9.06. The largest absolute Gasteiger partial charge is 0.324 e. The number of likely N-dealkylation sites (tertiary alicyclic amines) is 1. The molecule has 0 saturated carbocycles. The molecule has 1 atom stereocenters. The molecule has 1 fully saturated rings. The van der Waals surface area contributed by atoms with Gasteiger partial charge in [0.1, 0.15) is 6.07 Å². The van der Waals surface area contributed by atoms with Crippen molar-refractivity contribution in [2.24, 2.45) is 0 Å². The van der Waals surface area contributed by atoms with Gasteiger partial charge >= 0.3 is 0 Å². The number of hydrogen-bond acceptors (Lipinski definition) is 3. The van der Waals surface area contributed by atoms with Crippen LogP contribution in [-0.2, 0) is 4.79 Å². The van der Waals surface area contributed by atoms with Gasteiger partial charge < -0.3 is 5.32 Å². The van der Waals surface area contributed by atoms with E-state index in [1.807, 2.05) is 13.0 Å². The van der Waals surface area contributed by atoms with E-state index in [2.05, 4.69) is 16.3 Å².